The summed E-state index contributed by atoms with van der Waals surface area (Å²) in [6.45, 7) is 2.83. The van der Waals surface area contributed by atoms with Crippen molar-refractivity contribution in [2.75, 3.05) is 11.4 Å². The molecule has 0 radical (unpaired) electrons. The third kappa shape index (κ3) is 2.61. The minimum absolute atomic E-state index is 0.236. The number of benzene rings is 1. The molecule has 21 heavy (non-hydrogen) atoms. The topological polar surface area (TPSA) is 53.4 Å². The number of anilines is 2. The van der Waals surface area contributed by atoms with Crippen molar-refractivity contribution in [3.05, 3.63) is 53.2 Å². The zero-order chi connectivity index (χ0) is 14.8. The number of aromatic nitrogens is 1. The molecule has 0 aliphatic carbocycles. The number of para-hydroxylation sites is 1. The summed E-state index contributed by atoms with van der Waals surface area (Å²) in [6.07, 6.45) is 4.80. The summed E-state index contributed by atoms with van der Waals surface area (Å²) in [5.41, 5.74) is 3.65. The molecule has 4 nitrogen and oxygen atoms in total. The molecule has 2 heterocycles. The number of carbonyl (C=O) groups is 1. The van der Waals surface area contributed by atoms with Crippen molar-refractivity contribution in [3.63, 3.8) is 0 Å². The van der Waals surface area contributed by atoms with Gasteiger partial charge in [-0.2, -0.15) is 0 Å². The van der Waals surface area contributed by atoms with Crippen molar-refractivity contribution in [1.29, 1.82) is 0 Å². The van der Waals surface area contributed by atoms with Crippen molar-refractivity contribution < 1.29 is 9.90 Å². The van der Waals surface area contributed by atoms with Gasteiger partial charge in [-0.05, 0) is 49.4 Å². The van der Waals surface area contributed by atoms with Crippen LogP contribution in [-0.2, 0) is 6.42 Å². The summed E-state index contributed by atoms with van der Waals surface area (Å²) in [5, 5.41) is 9.06. The Morgan fingerprint density at radius 1 is 1.29 bits per heavy atom. The lowest BCUT2D eigenvalue weighted by Gasteiger charge is -2.25. The Bertz CT molecular complexity index is 682. The normalized spacial score (nSPS) is 14.4. The largest absolute Gasteiger partial charge is 0.478 e. The number of rotatable bonds is 2. The van der Waals surface area contributed by atoms with Gasteiger partial charge in [0.25, 0.3) is 0 Å². The number of aryl methyl sites for hydroxylation is 2. The van der Waals surface area contributed by atoms with Crippen LogP contribution in [0.15, 0.2) is 36.5 Å². The highest BCUT2D eigenvalue weighted by Crippen LogP contribution is 2.33. The van der Waals surface area contributed by atoms with E-state index in [1.54, 1.807) is 6.07 Å². The summed E-state index contributed by atoms with van der Waals surface area (Å²) in [5.74, 6) is -0.0808. The first-order chi connectivity index (χ1) is 10.2. The fraction of sp³-hybridized carbons (Fsp3) is 0.294. The van der Waals surface area contributed by atoms with E-state index >= 15 is 0 Å². The molecule has 0 amide bonds. The molecule has 0 atom stereocenters. The van der Waals surface area contributed by atoms with Crippen LogP contribution in [0.1, 0.15) is 34.3 Å². The molecule has 2 aromatic rings. The average molecular weight is 282 g/mol. The van der Waals surface area contributed by atoms with Gasteiger partial charge in [-0.3, -0.25) is 0 Å². The molecular formula is C17H18N2O2. The van der Waals surface area contributed by atoms with E-state index in [0.29, 0.717) is 0 Å². The second-order valence-corrected chi connectivity index (χ2v) is 5.41. The number of carboxylic acid groups (broad SMARTS) is 1. The number of fused-ring (bicyclic) bond motifs is 1. The Kier molecular flexibility index (Phi) is 3.60. The molecule has 1 aromatic heterocycles. The van der Waals surface area contributed by atoms with Crippen LogP contribution in [0, 0.1) is 6.92 Å². The number of nitrogens with zero attached hydrogens (tertiary/aromatic N) is 2. The Morgan fingerprint density at radius 2 is 2.10 bits per heavy atom. The molecule has 4 heteroatoms. The summed E-state index contributed by atoms with van der Waals surface area (Å²) < 4.78 is 0. The maximum Gasteiger partial charge on any atom is 0.337 e. The van der Waals surface area contributed by atoms with Crippen LogP contribution in [0.5, 0.6) is 0 Å². The summed E-state index contributed by atoms with van der Waals surface area (Å²) in [4.78, 5) is 17.7. The van der Waals surface area contributed by atoms with Gasteiger partial charge in [0.15, 0.2) is 0 Å². The number of hydrogen-bond donors (Lipinski definition) is 1. The SMILES string of the molecule is Cc1cc(C(=O)O)cnc1N1CCCCc2ccccc21. The van der Waals surface area contributed by atoms with Gasteiger partial charge < -0.3 is 10.0 Å². The zero-order valence-corrected chi connectivity index (χ0v) is 12.0. The maximum atomic E-state index is 11.0. The van der Waals surface area contributed by atoms with Crippen LogP contribution in [-0.4, -0.2) is 22.6 Å². The molecule has 1 aliphatic heterocycles. The molecule has 1 aliphatic rings. The Labute approximate surface area is 124 Å². The van der Waals surface area contributed by atoms with Gasteiger partial charge in [0.2, 0.25) is 0 Å². The Balaban J connectivity index is 2.06. The van der Waals surface area contributed by atoms with Crippen LogP contribution in [0.2, 0.25) is 0 Å². The van der Waals surface area contributed by atoms with Crippen molar-refractivity contribution in [1.82, 2.24) is 4.98 Å². The monoisotopic (exact) mass is 282 g/mol. The van der Waals surface area contributed by atoms with Crippen LogP contribution in [0.4, 0.5) is 11.5 Å². The van der Waals surface area contributed by atoms with Crippen LogP contribution in [0.3, 0.4) is 0 Å². The quantitative estimate of drug-likeness (QED) is 0.915. The van der Waals surface area contributed by atoms with Crippen LogP contribution >= 0.6 is 0 Å². The molecule has 1 aromatic carbocycles. The van der Waals surface area contributed by atoms with E-state index in [4.69, 9.17) is 5.11 Å². The fourth-order valence-corrected chi connectivity index (χ4v) is 2.88. The molecule has 0 spiro atoms. The van der Waals surface area contributed by atoms with Crippen molar-refractivity contribution in [2.45, 2.75) is 26.2 Å². The molecule has 0 saturated heterocycles. The van der Waals surface area contributed by atoms with Crippen molar-refractivity contribution in [2.24, 2.45) is 0 Å². The molecule has 0 saturated carbocycles. The van der Waals surface area contributed by atoms with Gasteiger partial charge >= 0.3 is 5.97 Å². The van der Waals surface area contributed by atoms with Crippen LogP contribution < -0.4 is 4.90 Å². The molecule has 0 fully saturated rings. The molecule has 3 rings (SSSR count). The van der Waals surface area contributed by atoms with Gasteiger partial charge in [-0.1, -0.05) is 18.2 Å². The molecule has 108 valence electrons. The lowest BCUT2D eigenvalue weighted by Crippen LogP contribution is -2.20. The minimum atomic E-state index is -0.937. The van der Waals surface area contributed by atoms with Gasteiger partial charge in [0.1, 0.15) is 5.82 Å². The number of aromatic carboxylic acids is 1. The predicted molar refractivity (Wildman–Crippen MR) is 82.3 cm³/mol. The lowest BCUT2D eigenvalue weighted by atomic mass is 10.1. The van der Waals surface area contributed by atoms with Gasteiger partial charge in [0, 0.05) is 18.4 Å². The van der Waals surface area contributed by atoms with Crippen LogP contribution in [0.25, 0.3) is 0 Å². The molecule has 1 N–H and O–H groups in total. The first-order valence-corrected chi connectivity index (χ1v) is 7.22. The molecular weight excluding hydrogens is 264 g/mol. The van der Waals surface area contributed by atoms with Gasteiger partial charge in [-0.15, -0.1) is 0 Å². The van der Waals surface area contributed by atoms with Crippen molar-refractivity contribution in [3.8, 4) is 0 Å². The molecule has 0 unspecified atom stereocenters. The zero-order valence-electron chi connectivity index (χ0n) is 12.0. The second-order valence-electron chi connectivity index (χ2n) is 5.41. The number of hydrogen-bond acceptors (Lipinski definition) is 3. The number of pyridine rings is 1. The number of carboxylic acids is 1. The van der Waals surface area contributed by atoms with Crippen molar-refractivity contribution >= 4 is 17.5 Å². The van der Waals surface area contributed by atoms with E-state index in [2.05, 4.69) is 28.1 Å². The van der Waals surface area contributed by atoms with Gasteiger partial charge in [0.05, 0.1) is 5.56 Å². The highest BCUT2D eigenvalue weighted by atomic mass is 16.4. The Morgan fingerprint density at radius 3 is 2.86 bits per heavy atom. The highest BCUT2D eigenvalue weighted by molar-refractivity contribution is 5.88. The fourth-order valence-electron chi connectivity index (χ4n) is 2.88. The highest BCUT2D eigenvalue weighted by Gasteiger charge is 2.19. The Hall–Kier alpha value is -2.36. The maximum absolute atomic E-state index is 11.0. The summed E-state index contributed by atoms with van der Waals surface area (Å²) in [7, 11) is 0. The first-order valence-electron chi connectivity index (χ1n) is 7.22. The van der Waals surface area contributed by atoms with E-state index in [9.17, 15) is 4.79 Å². The predicted octanol–water partition coefficient (Wildman–Crippen LogP) is 3.56. The smallest absolute Gasteiger partial charge is 0.337 e. The van der Waals surface area contributed by atoms with E-state index in [0.717, 1.165) is 30.8 Å². The van der Waals surface area contributed by atoms with E-state index < -0.39 is 5.97 Å². The van der Waals surface area contributed by atoms with E-state index in [1.807, 2.05) is 13.0 Å². The minimum Gasteiger partial charge on any atom is -0.478 e. The average Bonchev–Trinajstić information content (AvgIpc) is 2.69. The molecule has 0 bridgehead atoms. The summed E-state index contributed by atoms with van der Waals surface area (Å²) >= 11 is 0. The third-order valence-electron chi connectivity index (χ3n) is 3.91. The first kappa shape index (κ1) is 13.6. The van der Waals surface area contributed by atoms with E-state index in [-0.39, 0.29) is 5.56 Å². The lowest BCUT2D eigenvalue weighted by molar-refractivity contribution is 0.0696. The second kappa shape index (κ2) is 5.56. The van der Waals surface area contributed by atoms with E-state index in [1.165, 1.54) is 23.9 Å². The third-order valence-corrected chi connectivity index (χ3v) is 3.91. The standard InChI is InChI=1S/C17H18N2O2/c1-12-10-14(17(20)21)11-18-16(12)19-9-5-4-7-13-6-2-3-8-15(13)19/h2-3,6,8,10-11H,4-5,7,9H2,1H3,(H,20,21). The van der Waals surface area contributed by atoms with Gasteiger partial charge in [-0.25, -0.2) is 9.78 Å². The summed E-state index contributed by atoms with van der Waals surface area (Å²) in [6, 6.07) is 10.1.